The summed E-state index contributed by atoms with van der Waals surface area (Å²) in [4.78, 5) is 2.67. The summed E-state index contributed by atoms with van der Waals surface area (Å²) in [6.07, 6.45) is 5.73. The maximum absolute atomic E-state index is 5.39. The summed E-state index contributed by atoms with van der Waals surface area (Å²) in [5, 5.41) is 3.60. The smallest absolute Gasteiger partial charge is 0.0507 e. The lowest BCUT2D eigenvalue weighted by Gasteiger charge is -2.17. The van der Waals surface area contributed by atoms with E-state index in [1.807, 2.05) is 0 Å². The van der Waals surface area contributed by atoms with Crippen molar-refractivity contribution in [1.29, 1.82) is 0 Å². The second kappa shape index (κ2) is 5.68. The molecule has 3 rings (SSSR count). The third-order valence-corrected chi connectivity index (χ3v) is 4.86. The van der Waals surface area contributed by atoms with Gasteiger partial charge in [-0.05, 0) is 37.0 Å². The molecular formula is C14H26N2O. The van der Waals surface area contributed by atoms with Crippen LogP contribution < -0.4 is 5.32 Å². The highest BCUT2D eigenvalue weighted by Gasteiger charge is 2.35. The maximum Gasteiger partial charge on any atom is 0.0507 e. The molecule has 98 valence electrons. The molecule has 2 saturated heterocycles. The van der Waals surface area contributed by atoms with Crippen molar-refractivity contribution < 1.29 is 4.74 Å². The molecular weight excluding hydrogens is 212 g/mol. The molecule has 17 heavy (non-hydrogen) atoms. The van der Waals surface area contributed by atoms with Crippen molar-refractivity contribution in [2.24, 2.45) is 17.8 Å². The Morgan fingerprint density at radius 2 is 1.94 bits per heavy atom. The zero-order chi connectivity index (χ0) is 11.5. The fourth-order valence-electron chi connectivity index (χ4n) is 3.80. The average Bonchev–Trinajstić information content (AvgIpc) is 3.00. The Balaban J connectivity index is 1.27. The van der Waals surface area contributed by atoms with Gasteiger partial charge in [0.25, 0.3) is 0 Å². The van der Waals surface area contributed by atoms with Crippen molar-refractivity contribution in [2.45, 2.75) is 25.7 Å². The number of nitrogens with zero attached hydrogens (tertiary/aromatic N) is 1. The van der Waals surface area contributed by atoms with Gasteiger partial charge in [0.2, 0.25) is 0 Å². The van der Waals surface area contributed by atoms with Crippen molar-refractivity contribution in [1.82, 2.24) is 10.2 Å². The van der Waals surface area contributed by atoms with Gasteiger partial charge in [0, 0.05) is 39.3 Å². The van der Waals surface area contributed by atoms with Crippen LogP contribution in [-0.2, 0) is 4.74 Å². The van der Waals surface area contributed by atoms with Gasteiger partial charge in [-0.25, -0.2) is 0 Å². The van der Waals surface area contributed by atoms with E-state index in [9.17, 15) is 0 Å². The van der Waals surface area contributed by atoms with E-state index in [1.165, 1.54) is 45.3 Å². The van der Waals surface area contributed by atoms with Gasteiger partial charge in [-0.15, -0.1) is 0 Å². The van der Waals surface area contributed by atoms with E-state index in [4.69, 9.17) is 4.74 Å². The first kappa shape index (κ1) is 11.9. The molecule has 3 aliphatic rings. The lowest BCUT2D eigenvalue weighted by molar-refractivity contribution is 0.185. The Morgan fingerprint density at radius 1 is 1.12 bits per heavy atom. The Kier molecular flexibility index (Phi) is 3.99. The Hall–Kier alpha value is -0.120. The molecule has 3 atom stereocenters. The summed E-state index contributed by atoms with van der Waals surface area (Å²) >= 11 is 0. The van der Waals surface area contributed by atoms with Crippen LogP contribution in [0.4, 0.5) is 0 Å². The third kappa shape index (κ3) is 3.01. The van der Waals surface area contributed by atoms with Gasteiger partial charge in [0.15, 0.2) is 0 Å². The molecule has 3 heteroatoms. The van der Waals surface area contributed by atoms with E-state index in [-0.39, 0.29) is 0 Å². The van der Waals surface area contributed by atoms with Crippen molar-refractivity contribution >= 4 is 0 Å². The van der Waals surface area contributed by atoms with E-state index in [0.29, 0.717) is 0 Å². The maximum atomic E-state index is 5.39. The highest BCUT2D eigenvalue weighted by atomic mass is 16.5. The number of likely N-dealkylation sites (tertiary alicyclic amines) is 1. The van der Waals surface area contributed by atoms with E-state index in [1.54, 1.807) is 0 Å². The first-order chi connectivity index (χ1) is 8.42. The fraction of sp³-hybridized carbons (Fsp3) is 1.00. The fourth-order valence-corrected chi connectivity index (χ4v) is 3.80. The lowest BCUT2D eigenvalue weighted by atomic mass is 10.0. The topological polar surface area (TPSA) is 24.5 Å². The van der Waals surface area contributed by atoms with Crippen LogP contribution >= 0.6 is 0 Å². The lowest BCUT2D eigenvalue weighted by Crippen LogP contribution is -2.33. The van der Waals surface area contributed by atoms with Gasteiger partial charge in [0.05, 0.1) is 6.61 Å². The van der Waals surface area contributed by atoms with Gasteiger partial charge < -0.3 is 15.0 Å². The highest BCUT2D eigenvalue weighted by Crippen LogP contribution is 2.37. The summed E-state index contributed by atoms with van der Waals surface area (Å²) in [5.41, 5.74) is 0. The van der Waals surface area contributed by atoms with E-state index in [2.05, 4.69) is 10.2 Å². The number of nitrogens with one attached hydrogen (secondary N) is 1. The number of rotatable bonds is 5. The Morgan fingerprint density at radius 3 is 2.65 bits per heavy atom. The minimum Gasteiger partial charge on any atom is -0.381 e. The van der Waals surface area contributed by atoms with Crippen molar-refractivity contribution in [3.63, 3.8) is 0 Å². The zero-order valence-corrected chi connectivity index (χ0v) is 10.9. The van der Waals surface area contributed by atoms with E-state index in [0.717, 1.165) is 44.1 Å². The molecule has 3 unspecified atom stereocenters. The molecule has 0 aromatic rings. The summed E-state index contributed by atoms with van der Waals surface area (Å²) in [6, 6.07) is 0. The van der Waals surface area contributed by atoms with Gasteiger partial charge in [-0.2, -0.15) is 0 Å². The first-order valence-corrected chi connectivity index (χ1v) is 7.42. The van der Waals surface area contributed by atoms with E-state index < -0.39 is 0 Å². The molecule has 0 aromatic carbocycles. The Labute approximate surface area is 105 Å². The van der Waals surface area contributed by atoms with Gasteiger partial charge >= 0.3 is 0 Å². The molecule has 3 nitrogen and oxygen atoms in total. The molecule has 1 aliphatic carbocycles. The summed E-state index contributed by atoms with van der Waals surface area (Å²) in [7, 11) is 0. The minimum atomic E-state index is 0.771. The second-order valence-electron chi connectivity index (χ2n) is 6.14. The largest absolute Gasteiger partial charge is 0.381 e. The van der Waals surface area contributed by atoms with Crippen LogP contribution in [0.25, 0.3) is 0 Å². The number of hydrogen-bond acceptors (Lipinski definition) is 3. The summed E-state index contributed by atoms with van der Waals surface area (Å²) in [5.74, 6) is 2.85. The van der Waals surface area contributed by atoms with Crippen molar-refractivity contribution in [2.75, 3.05) is 45.9 Å². The highest BCUT2D eigenvalue weighted by molar-refractivity contribution is 4.88. The minimum absolute atomic E-state index is 0.771. The van der Waals surface area contributed by atoms with Gasteiger partial charge in [-0.1, -0.05) is 6.42 Å². The Bertz CT molecular complexity index is 228. The monoisotopic (exact) mass is 238 g/mol. The molecule has 0 amide bonds. The molecule has 0 radical (unpaired) electrons. The molecule has 3 fully saturated rings. The van der Waals surface area contributed by atoms with Crippen molar-refractivity contribution in [3.05, 3.63) is 0 Å². The van der Waals surface area contributed by atoms with Crippen LogP contribution in [0.2, 0.25) is 0 Å². The van der Waals surface area contributed by atoms with Crippen molar-refractivity contribution in [3.8, 4) is 0 Å². The van der Waals surface area contributed by atoms with Gasteiger partial charge in [0.1, 0.15) is 0 Å². The molecule has 0 aromatic heterocycles. The first-order valence-electron chi connectivity index (χ1n) is 7.42. The normalized spacial score (nSPS) is 37.8. The molecule has 1 N–H and O–H groups in total. The predicted octanol–water partition coefficient (Wildman–Crippen LogP) is 1.34. The van der Waals surface area contributed by atoms with Crippen LogP contribution in [-0.4, -0.2) is 50.8 Å². The number of ether oxygens (including phenoxy) is 1. The quantitative estimate of drug-likeness (QED) is 0.732. The third-order valence-electron chi connectivity index (χ3n) is 4.86. The predicted molar refractivity (Wildman–Crippen MR) is 69.1 cm³/mol. The summed E-state index contributed by atoms with van der Waals surface area (Å²) in [6.45, 7) is 8.26. The SMILES string of the molecule is C1CC2CN(CCNCC3CCOC3)CC2C1. The average molecular weight is 238 g/mol. The van der Waals surface area contributed by atoms with Gasteiger partial charge in [-0.3, -0.25) is 0 Å². The van der Waals surface area contributed by atoms with Crippen LogP contribution in [0.15, 0.2) is 0 Å². The standard InChI is InChI=1S/C14H26N2O/c1-2-13-9-16(10-14(13)3-1)6-5-15-8-12-4-7-17-11-12/h12-15H,1-11H2. The van der Waals surface area contributed by atoms with Crippen LogP contribution in [0.1, 0.15) is 25.7 Å². The van der Waals surface area contributed by atoms with E-state index >= 15 is 0 Å². The van der Waals surface area contributed by atoms with Crippen LogP contribution in [0.3, 0.4) is 0 Å². The number of hydrogen-bond donors (Lipinski definition) is 1. The molecule has 2 heterocycles. The zero-order valence-electron chi connectivity index (χ0n) is 10.9. The summed E-state index contributed by atoms with van der Waals surface area (Å²) < 4.78 is 5.39. The molecule has 0 bridgehead atoms. The van der Waals surface area contributed by atoms with Crippen LogP contribution in [0, 0.1) is 17.8 Å². The number of fused-ring (bicyclic) bond motifs is 1. The molecule has 2 aliphatic heterocycles. The molecule has 0 spiro atoms. The van der Waals surface area contributed by atoms with Crippen LogP contribution in [0.5, 0.6) is 0 Å². The molecule has 1 saturated carbocycles. The second-order valence-corrected chi connectivity index (χ2v) is 6.14.